The fourth-order valence-corrected chi connectivity index (χ4v) is 1.77. The summed E-state index contributed by atoms with van der Waals surface area (Å²) in [7, 11) is 0. The Hall–Kier alpha value is -1.38. The lowest BCUT2D eigenvalue weighted by molar-refractivity contribution is 0.0525. The van der Waals surface area contributed by atoms with Crippen LogP contribution in [0.15, 0.2) is 12.1 Å². The minimum Gasteiger partial charge on any atom is -0.462 e. The lowest BCUT2D eigenvalue weighted by atomic mass is 10.0. The van der Waals surface area contributed by atoms with Crippen LogP contribution in [-0.4, -0.2) is 17.6 Å². The van der Waals surface area contributed by atoms with E-state index in [-0.39, 0.29) is 11.4 Å². The molecule has 2 rings (SSSR count). The molecular formula is C13H17NO2. The molecule has 0 amide bonds. The standard InChI is InChI=1S/C13H17NO2/c1-4-16-12(15)10-5-6-11(14-9(10)2)13(3)7-8-13/h5-6H,4,7-8H2,1-3H3. The van der Waals surface area contributed by atoms with Gasteiger partial charge in [0.05, 0.1) is 17.9 Å². The third-order valence-electron chi connectivity index (χ3n) is 3.20. The van der Waals surface area contributed by atoms with Gasteiger partial charge in [0.15, 0.2) is 0 Å². The second kappa shape index (κ2) is 3.89. The molecule has 0 unspecified atom stereocenters. The highest BCUT2D eigenvalue weighted by Gasteiger charge is 2.40. The number of hydrogen-bond donors (Lipinski definition) is 0. The maximum absolute atomic E-state index is 11.6. The second-order valence-electron chi connectivity index (χ2n) is 4.61. The molecule has 0 N–H and O–H groups in total. The van der Waals surface area contributed by atoms with Gasteiger partial charge in [-0.2, -0.15) is 0 Å². The lowest BCUT2D eigenvalue weighted by Crippen LogP contribution is -2.11. The van der Waals surface area contributed by atoms with Gasteiger partial charge < -0.3 is 4.74 Å². The van der Waals surface area contributed by atoms with Crippen molar-refractivity contribution in [2.75, 3.05) is 6.61 Å². The van der Waals surface area contributed by atoms with Crippen molar-refractivity contribution >= 4 is 5.97 Å². The van der Waals surface area contributed by atoms with E-state index < -0.39 is 0 Å². The quantitative estimate of drug-likeness (QED) is 0.733. The number of carbonyl (C=O) groups is 1. The zero-order valence-electron chi connectivity index (χ0n) is 10.0. The van der Waals surface area contributed by atoms with Crippen LogP contribution in [0.2, 0.25) is 0 Å². The van der Waals surface area contributed by atoms with Gasteiger partial charge in [-0.3, -0.25) is 4.98 Å². The van der Waals surface area contributed by atoms with E-state index in [2.05, 4.69) is 11.9 Å². The predicted octanol–water partition coefficient (Wildman–Crippen LogP) is 2.62. The van der Waals surface area contributed by atoms with Crippen LogP contribution in [0.5, 0.6) is 0 Å². The number of ether oxygens (including phenoxy) is 1. The molecule has 0 aromatic carbocycles. The van der Waals surface area contributed by atoms with Gasteiger partial charge in [-0.05, 0) is 38.8 Å². The first kappa shape index (κ1) is 11.1. The van der Waals surface area contributed by atoms with Gasteiger partial charge in [0.1, 0.15) is 0 Å². The largest absolute Gasteiger partial charge is 0.462 e. The zero-order valence-corrected chi connectivity index (χ0v) is 10.0. The van der Waals surface area contributed by atoms with E-state index in [0.29, 0.717) is 12.2 Å². The van der Waals surface area contributed by atoms with Crippen molar-refractivity contribution in [1.29, 1.82) is 0 Å². The first-order valence-electron chi connectivity index (χ1n) is 5.72. The Morgan fingerprint density at radius 1 is 1.50 bits per heavy atom. The molecule has 1 aromatic heterocycles. The van der Waals surface area contributed by atoms with Crippen LogP contribution in [-0.2, 0) is 10.2 Å². The van der Waals surface area contributed by atoms with Crippen LogP contribution in [0.25, 0.3) is 0 Å². The normalized spacial score (nSPS) is 16.9. The fraction of sp³-hybridized carbons (Fsp3) is 0.538. The lowest BCUT2D eigenvalue weighted by Gasteiger charge is -2.11. The molecule has 3 heteroatoms. The highest BCUT2D eigenvalue weighted by molar-refractivity contribution is 5.90. The third kappa shape index (κ3) is 1.94. The molecule has 16 heavy (non-hydrogen) atoms. The van der Waals surface area contributed by atoms with Crippen LogP contribution in [0.3, 0.4) is 0 Å². The molecule has 1 aliphatic carbocycles. The van der Waals surface area contributed by atoms with Gasteiger partial charge in [0, 0.05) is 11.1 Å². The second-order valence-corrected chi connectivity index (χ2v) is 4.61. The van der Waals surface area contributed by atoms with Gasteiger partial charge in [0.2, 0.25) is 0 Å². The number of hydrogen-bond acceptors (Lipinski definition) is 3. The molecule has 0 radical (unpaired) electrons. The number of aryl methyl sites for hydroxylation is 1. The summed E-state index contributed by atoms with van der Waals surface area (Å²) >= 11 is 0. The summed E-state index contributed by atoms with van der Waals surface area (Å²) < 4.78 is 4.97. The van der Waals surface area contributed by atoms with Gasteiger partial charge in [-0.1, -0.05) is 6.92 Å². The van der Waals surface area contributed by atoms with Crippen molar-refractivity contribution in [3.05, 3.63) is 29.1 Å². The molecule has 3 nitrogen and oxygen atoms in total. The van der Waals surface area contributed by atoms with Crippen molar-refractivity contribution in [2.45, 2.75) is 39.0 Å². The molecule has 1 heterocycles. The van der Waals surface area contributed by atoms with Gasteiger partial charge in [-0.15, -0.1) is 0 Å². The zero-order chi connectivity index (χ0) is 11.8. The van der Waals surface area contributed by atoms with Crippen LogP contribution in [0.1, 0.15) is 48.4 Å². The SMILES string of the molecule is CCOC(=O)c1ccc(C2(C)CC2)nc1C. The van der Waals surface area contributed by atoms with Crippen LogP contribution in [0.4, 0.5) is 0 Å². The van der Waals surface area contributed by atoms with Crippen molar-refractivity contribution in [3.8, 4) is 0 Å². The molecule has 1 saturated carbocycles. The summed E-state index contributed by atoms with van der Waals surface area (Å²) in [6.07, 6.45) is 2.39. The summed E-state index contributed by atoms with van der Waals surface area (Å²) in [6, 6.07) is 3.78. The van der Waals surface area contributed by atoms with Crippen molar-refractivity contribution in [3.63, 3.8) is 0 Å². The van der Waals surface area contributed by atoms with E-state index in [1.807, 2.05) is 19.1 Å². The Balaban J connectivity index is 2.26. The van der Waals surface area contributed by atoms with Crippen LogP contribution < -0.4 is 0 Å². The van der Waals surface area contributed by atoms with Gasteiger partial charge in [-0.25, -0.2) is 4.79 Å². The summed E-state index contributed by atoms with van der Waals surface area (Å²) in [4.78, 5) is 16.1. The highest BCUT2D eigenvalue weighted by atomic mass is 16.5. The highest BCUT2D eigenvalue weighted by Crippen LogP contribution is 2.46. The number of pyridine rings is 1. The van der Waals surface area contributed by atoms with E-state index in [1.54, 1.807) is 6.92 Å². The van der Waals surface area contributed by atoms with Crippen molar-refractivity contribution < 1.29 is 9.53 Å². The number of esters is 1. The molecule has 1 aliphatic rings. The average Bonchev–Trinajstić information content (AvgIpc) is 2.98. The van der Waals surface area contributed by atoms with E-state index in [4.69, 9.17) is 4.74 Å². The molecule has 0 bridgehead atoms. The number of nitrogens with zero attached hydrogens (tertiary/aromatic N) is 1. The van der Waals surface area contributed by atoms with Gasteiger partial charge >= 0.3 is 5.97 Å². The van der Waals surface area contributed by atoms with Gasteiger partial charge in [0.25, 0.3) is 0 Å². The van der Waals surface area contributed by atoms with Crippen molar-refractivity contribution in [1.82, 2.24) is 4.98 Å². The molecule has 0 atom stereocenters. The maximum atomic E-state index is 11.6. The number of aromatic nitrogens is 1. The van der Waals surface area contributed by atoms with Crippen LogP contribution in [0, 0.1) is 6.92 Å². The summed E-state index contributed by atoms with van der Waals surface area (Å²) in [6.45, 7) is 6.28. The van der Waals surface area contributed by atoms with E-state index in [9.17, 15) is 4.79 Å². The Labute approximate surface area is 95.8 Å². The molecular weight excluding hydrogens is 202 g/mol. The minimum atomic E-state index is -0.278. The Morgan fingerprint density at radius 2 is 2.19 bits per heavy atom. The molecule has 0 aliphatic heterocycles. The Morgan fingerprint density at radius 3 is 2.69 bits per heavy atom. The topological polar surface area (TPSA) is 39.2 Å². The maximum Gasteiger partial charge on any atom is 0.339 e. The third-order valence-corrected chi connectivity index (χ3v) is 3.20. The van der Waals surface area contributed by atoms with E-state index >= 15 is 0 Å². The first-order valence-corrected chi connectivity index (χ1v) is 5.72. The minimum absolute atomic E-state index is 0.248. The van der Waals surface area contributed by atoms with E-state index in [0.717, 1.165) is 11.4 Å². The summed E-state index contributed by atoms with van der Waals surface area (Å²) in [5, 5.41) is 0. The summed E-state index contributed by atoms with van der Waals surface area (Å²) in [5.41, 5.74) is 2.69. The summed E-state index contributed by atoms with van der Waals surface area (Å²) in [5.74, 6) is -0.278. The molecule has 1 aromatic rings. The smallest absolute Gasteiger partial charge is 0.339 e. The Kier molecular flexibility index (Phi) is 2.70. The Bertz CT molecular complexity index is 422. The average molecular weight is 219 g/mol. The molecule has 86 valence electrons. The van der Waals surface area contributed by atoms with Crippen molar-refractivity contribution in [2.24, 2.45) is 0 Å². The monoisotopic (exact) mass is 219 g/mol. The molecule has 1 fully saturated rings. The molecule has 0 spiro atoms. The number of rotatable bonds is 3. The predicted molar refractivity (Wildman–Crippen MR) is 61.5 cm³/mol. The fourth-order valence-electron chi connectivity index (χ4n) is 1.77. The molecule has 0 saturated heterocycles. The van der Waals surface area contributed by atoms with E-state index in [1.165, 1.54) is 12.8 Å². The first-order chi connectivity index (χ1) is 7.57. The number of carbonyl (C=O) groups excluding carboxylic acids is 1. The van der Waals surface area contributed by atoms with Crippen LogP contribution >= 0.6 is 0 Å².